The van der Waals surface area contributed by atoms with Gasteiger partial charge in [-0.3, -0.25) is 9.59 Å². The Morgan fingerprint density at radius 3 is 2.42 bits per heavy atom. The second-order valence-corrected chi connectivity index (χ2v) is 10.7. The van der Waals surface area contributed by atoms with Crippen molar-refractivity contribution in [1.29, 1.82) is 0 Å². The number of benzene rings is 3. The van der Waals surface area contributed by atoms with Gasteiger partial charge in [-0.05, 0) is 59.9 Å². The molecule has 0 spiro atoms. The van der Waals surface area contributed by atoms with Crippen LogP contribution in [0.5, 0.6) is 0 Å². The quantitative estimate of drug-likeness (QED) is 0.312. The highest BCUT2D eigenvalue weighted by molar-refractivity contribution is 7.90. The van der Waals surface area contributed by atoms with Gasteiger partial charge >= 0.3 is 0 Å². The average Bonchev–Trinajstić information content (AvgIpc) is 3.10. The minimum Gasteiger partial charge on any atom is -0.390 e. The lowest BCUT2D eigenvalue weighted by molar-refractivity contribution is 0.0829. The molecule has 2 atom stereocenters. The fraction of sp³-hybridized carbons (Fsp3) is 0.259. The van der Waals surface area contributed by atoms with Gasteiger partial charge in [0.1, 0.15) is 16.5 Å². The van der Waals surface area contributed by atoms with Gasteiger partial charge in [-0.2, -0.15) is 0 Å². The van der Waals surface area contributed by atoms with E-state index in [4.69, 9.17) is 0 Å². The summed E-state index contributed by atoms with van der Waals surface area (Å²) in [5.74, 6) is -3.10. The van der Waals surface area contributed by atoms with Crippen LogP contribution >= 0.6 is 0 Å². The van der Waals surface area contributed by atoms with Crippen LogP contribution in [-0.2, 0) is 29.4 Å². The number of hydrogen-bond acceptors (Lipinski definition) is 6. The minimum atomic E-state index is -4.08. The summed E-state index contributed by atoms with van der Waals surface area (Å²) in [5.41, 5.74) is 2.25. The molecule has 0 unspecified atom stereocenters. The average molecular weight is 544 g/mol. The van der Waals surface area contributed by atoms with E-state index in [1.165, 1.54) is 12.1 Å². The molecular formula is C27H27F2N3O5S. The molecule has 0 saturated carbocycles. The predicted octanol–water partition coefficient (Wildman–Crippen LogP) is 2.45. The molecule has 4 rings (SSSR count). The van der Waals surface area contributed by atoms with Crippen LogP contribution in [0.3, 0.4) is 0 Å². The van der Waals surface area contributed by atoms with E-state index in [0.29, 0.717) is 6.54 Å². The summed E-state index contributed by atoms with van der Waals surface area (Å²) in [7, 11) is -4.08. The standard InChI is InChI=1S/C27H27F2N3O5S/c1-2-16-4-3-5-17(8-16)14-30-15-24(33)23(11-18-9-20(28)13-21(29)10-18)31-26(34)19-6-7-22-25(12-19)38(36,37)32-27(22)35/h3-10,12-13,23-24,30,33H,2,11,14-15H2,1H3,(H,31,34)(H,32,35)/t23-,24+/m0/s1. The maximum absolute atomic E-state index is 13.8. The first-order chi connectivity index (χ1) is 18.1. The van der Waals surface area contributed by atoms with Gasteiger partial charge in [0.15, 0.2) is 0 Å². The second-order valence-electron chi connectivity index (χ2n) is 9.08. The zero-order chi connectivity index (χ0) is 27.4. The van der Waals surface area contributed by atoms with Gasteiger partial charge in [-0.1, -0.05) is 31.2 Å². The topological polar surface area (TPSA) is 125 Å². The van der Waals surface area contributed by atoms with Crippen molar-refractivity contribution < 1.29 is 31.9 Å². The third kappa shape index (κ3) is 6.42. The van der Waals surface area contributed by atoms with E-state index in [1.54, 1.807) is 0 Å². The summed E-state index contributed by atoms with van der Waals surface area (Å²) in [4.78, 5) is 24.6. The Bertz CT molecular complexity index is 1460. The lowest BCUT2D eigenvalue weighted by Gasteiger charge is -2.25. The highest BCUT2D eigenvalue weighted by Gasteiger charge is 2.33. The van der Waals surface area contributed by atoms with Crippen LogP contribution in [0, 0.1) is 11.6 Å². The number of aliphatic hydroxyl groups excluding tert-OH is 1. The fourth-order valence-corrected chi connectivity index (χ4v) is 5.49. The molecule has 2 amide bonds. The number of aryl methyl sites for hydroxylation is 1. The monoisotopic (exact) mass is 543 g/mol. The van der Waals surface area contributed by atoms with E-state index < -0.39 is 45.6 Å². The molecule has 3 aromatic rings. The van der Waals surface area contributed by atoms with Crippen LogP contribution in [0.15, 0.2) is 65.6 Å². The summed E-state index contributed by atoms with van der Waals surface area (Å²) in [6.45, 7) is 2.55. The lowest BCUT2D eigenvalue weighted by atomic mass is 9.99. The highest BCUT2D eigenvalue weighted by atomic mass is 32.2. The molecule has 200 valence electrons. The Labute approximate surface area is 219 Å². The number of carbonyl (C=O) groups excluding carboxylic acids is 2. The molecule has 4 N–H and O–H groups in total. The number of fused-ring (bicyclic) bond motifs is 1. The molecular weight excluding hydrogens is 516 g/mol. The molecule has 3 aromatic carbocycles. The molecule has 38 heavy (non-hydrogen) atoms. The van der Waals surface area contributed by atoms with Gasteiger partial charge in [-0.25, -0.2) is 21.9 Å². The van der Waals surface area contributed by atoms with Crippen LogP contribution in [0.2, 0.25) is 0 Å². The molecule has 8 nitrogen and oxygen atoms in total. The Balaban J connectivity index is 1.51. The predicted molar refractivity (Wildman–Crippen MR) is 136 cm³/mol. The number of nitrogens with one attached hydrogen (secondary N) is 3. The SMILES string of the molecule is CCc1cccc(CNC[C@@H](O)[C@H](Cc2cc(F)cc(F)c2)NC(=O)c2ccc3c(c2)S(=O)(=O)NC3=O)c1. The Kier molecular flexibility index (Phi) is 8.20. The van der Waals surface area contributed by atoms with E-state index in [2.05, 4.69) is 10.6 Å². The van der Waals surface area contributed by atoms with Gasteiger partial charge in [0.25, 0.3) is 21.8 Å². The molecule has 1 heterocycles. The second kappa shape index (κ2) is 11.4. The van der Waals surface area contributed by atoms with E-state index in [9.17, 15) is 31.9 Å². The number of sulfonamides is 1. The van der Waals surface area contributed by atoms with E-state index >= 15 is 0 Å². The zero-order valence-electron chi connectivity index (χ0n) is 20.5. The molecule has 0 bridgehead atoms. The van der Waals surface area contributed by atoms with Crippen molar-refractivity contribution >= 4 is 21.8 Å². The molecule has 0 aromatic heterocycles. The summed E-state index contributed by atoms with van der Waals surface area (Å²) in [6.07, 6.45) is -0.387. The van der Waals surface area contributed by atoms with Gasteiger partial charge in [-0.15, -0.1) is 0 Å². The Morgan fingerprint density at radius 2 is 1.71 bits per heavy atom. The number of carbonyl (C=O) groups is 2. The maximum Gasteiger partial charge on any atom is 0.266 e. The third-order valence-electron chi connectivity index (χ3n) is 6.25. The van der Waals surface area contributed by atoms with Gasteiger partial charge in [0, 0.05) is 24.7 Å². The molecule has 0 radical (unpaired) electrons. The van der Waals surface area contributed by atoms with E-state index in [0.717, 1.165) is 41.8 Å². The van der Waals surface area contributed by atoms with Gasteiger partial charge < -0.3 is 15.7 Å². The smallest absolute Gasteiger partial charge is 0.266 e. The van der Waals surface area contributed by atoms with E-state index in [1.807, 2.05) is 35.9 Å². The maximum atomic E-state index is 13.8. The van der Waals surface area contributed by atoms with Crippen LogP contribution in [0.25, 0.3) is 0 Å². The molecule has 1 aliphatic heterocycles. The fourth-order valence-electron chi connectivity index (χ4n) is 4.29. The van der Waals surface area contributed by atoms with Crippen LogP contribution in [0.1, 0.15) is 44.3 Å². The summed E-state index contributed by atoms with van der Waals surface area (Å²) < 4.78 is 53.8. The zero-order valence-corrected chi connectivity index (χ0v) is 21.3. The summed E-state index contributed by atoms with van der Waals surface area (Å²) >= 11 is 0. The molecule has 1 aliphatic rings. The largest absolute Gasteiger partial charge is 0.390 e. The van der Waals surface area contributed by atoms with Crippen molar-refractivity contribution in [2.24, 2.45) is 0 Å². The van der Waals surface area contributed by atoms with Crippen molar-refractivity contribution in [2.45, 2.75) is 43.4 Å². The van der Waals surface area contributed by atoms with Gasteiger partial charge in [0.2, 0.25) is 0 Å². The van der Waals surface area contributed by atoms with Crippen LogP contribution in [-0.4, -0.2) is 44.0 Å². The van der Waals surface area contributed by atoms with Gasteiger partial charge in [0.05, 0.1) is 17.7 Å². The Morgan fingerprint density at radius 1 is 1.00 bits per heavy atom. The summed E-state index contributed by atoms with van der Waals surface area (Å²) in [6, 6.07) is 13.5. The molecule has 0 saturated heterocycles. The van der Waals surface area contributed by atoms with Crippen molar-refractivity contribution in [1.82, 2.24) is 15.4 Å². The number of amides is 2. The normalized spacial score (nSPS) is 15.4. The number of hydrogen-bond donors (Lipinski definition) is 4. The molecule has 0 fully saturated rings. The van der Waals surface area contributed by atoms with Crippen molar-refractivity contribution in [3.63, 3.8) is 0 Å². The van der Waals surface area contributed by atoms with Crippen molar-refractivity contribution in [3.8, 4) is 0 Å². The molecule has 11 heteroatoms. The third-order valence-corrected chi connectivity index (χ3v) is 7.62. The number of aliphatic hydroxyl groups is 1. The van der Waals surface area contributed by atoms with Crippen molar-refractivity contribution in [3.05, 3.63) is 100 Å². The number of rotatable bonds is 10. The number of halogens is 2. The van der Waals surface area contributed by atoms with Crippen LogP contribution in [0.4, 0.5) is 8.78 Å². The Hall–Kier alpha value is -3.67. The first-order valence-corrected chi connectivity index (χ1v) is 13.5. The lowest BCUT2D eigenvalue weighted by Crippen LogP contribution is -2.48. The van der Waals surface area contributed by atoms with Crippen LogP contribution < -0.4 is 15.4 Å². The summed E-state index contributed by atoms with van der Waals surface area (Å²) in [5, 5.41) is 16.7. The van der Waals surface area contributed by atoms with Crippen molar-refractivity contribution in [2.75, 3.05) is 6.54 Å². The first kappa shape index (κ1) is 27.4. The minimum absolute atomic E-state index is 0.0517. The highest BCUT2D eigenvalue weighted by Crippen LogP contribution is 2.24. The molecule has 0 aliphatic carbocycles. The van der Waals surface area contributed by atoms with E-state index in [-0.39, 0.29) is 34.6 Å². The first-order valence-electron chi connectivity index (χ1n) is 12.0.